The molecule has 4 aliphatic carbocycles. The summed E-state index contributed by atoms with van der Waals surface area (Å²) in [6, 6.07) is 23.7. The van der Waals surface area contributed by atoms with Gasteiger partial charge in [-0.15, -0.1) is 0 Å². The monoisotopic (exact) mass is 1040 g/mol. The van der Waals surface area contributed by atoms with E-state index in [2.05, 4.69) is 10.6 Å². The molecule has 0 aromatic heterocycles. The van der Waals surface area contributed by atoms with Gasteiger partial charge in [-0.1, -0.05) is 85.3 Å². The maximum absolute atomic E-state index is 15.1. The van der Waals surface area contributed by atoms with Crippen molar-refractivity contribution in [1.82, 2.24) is 10.6 Å². The molecule has 5 N–H and O–H groups in total. The van der Waals surface area contributed by atoms with Crippen LogP contribution in [0.25, 0.3) is 0 Å². The number of aliphatic hydroxyl groups is 3. The molecule has 5 aliphatic rings. The molecule has 1 heterocycles. The number of unbranched alkanes of at least 4 members (excludes halogenated alkanes) is 2. The van der Waals surface area contributed by atoms with Gasteiger partial charge in [-0.05, 0) is 88.8 Å². The number of ether oxygens (including phenoxy) is 7. The Morgan fingerprint density at radius 1 is 0.853 bits per heavy atom. The minimum atomic E-state index is -2.34. The van der Waals surface area contributed by atoms with Gasteiger partial charge in [-0.3, -0.25) is 14.4 Å². The Morgan fingerprint density at radius 2 is 1.49 bits per heavy atom. The Bertz CT molecular complexity index is 2710. The summed E-state index contributed by atoms with van der Waals surface area (Å²) in [6.45, 7) is 10.5. The standard InChI is InChI=1S/C56H66N2O17/c1-32-37(29-55(68)53(7)41(32)43(62)45(63)52(6)38(60)28-39-54(31-70-39,73-33(2)59)48(52)56(53,55)74-46(64)36-24-16-10-17-25-36)71-47(65)44(42(35-22-14-9-15-23-35)58-50(67)75-51(3,4)5)72-40(61)26-18-11-19-27-57-49(66)69-30-34-20-12-8-13-21-34/h8-10,12-17,20-25,37-39,42-44,48,60,62,68H,11,18-19,26-31H2,1-7H3,(H,57,66)(H,58,67)/t37-,38-,39+,42-,43+,44+,48-,52-,53-,54-,55-,56-/m0/s1. The topological polar surface area (TPSA) is 269 Å². The molecular weight excluding hydrogens is 973 g/mol. The second-order valence-corrected chi connectivity index (χ2v) is 21.5. The molecule has 0 bridgehead atoms. The van der Waals surface area contributed by atoms with Gasteiger partial charge in [0.25, 0.3) is 0 Å². The lowest BCUT2D eigenvalue weighted by atomic mass is 9.51. The summed E-state index contributed by atoms with van der Waals surface area (Å²) < 4.78 is 41.7. The van der Waals surface area contributed by atoms with Gasteiger partial charge in [0.1, 0.15) is 42.2 Å². The Morgan fingerprint density at radius 3 is 2.11 bits per heavy atom. The van der Waals surface area contributed by atoms with E-state index in [1.807, 2.05) is 30.3 Å². The van der Waals surface area contributed by atoms with Crippen LogP contribution in [-0.4, -0.2) is 123 Å². The molecule has 3 aromatic rings. The number of carbonyl (C=O) groups excluding carboxylic acids is 7. The Labute approximate surface area is 434 Å². The number of alkyl carbamates (subject to hydrolysis) is 2. The number of Topliss-reactive ketones (excluding diaryl/α,β-unsaturated/α-hetero) is 1. The summed E-state index contributed by atoms with van der Waals surface area (Å²) in [7, 11) is 0. The SMILES string of the molecule is CC(=O)O[C@@]12CO[C@@H]1C[C@H](O)[C@@]1(C)C(=O)[C@H](O)C3=C(C)[C@@H](OC(=O)[C@H](OC(=O)CCCCCNC(=O)OCc4ccccc4)[C@@H](NC(=O)OC(C)(C)C)c4ccccc4)C[C@]4(O)[C@@]3(C)[C@@]4(OC(=O)c3ccccc3)[C@H]21. The van der Waals surface area contributed by atoms with Crippen molar-refractivity contribution in [2.75, 3.05) is 13.2 Å². The highest BCUT2D eigenvalue weighted by atomic mass is 16.6. The number of amides is 2. The zero-order chi connectivity index (χ0) is 54.3. The third kappa shape index (κ3) is 9.68. The van der Waals surface area contributed by atoms with E-state index in [9.17, 15) is 39.3 Å². The lowest BCUT2D eigenvalue weighted by Gasteiger charge is -2.63. The summed E-state index contributed by atoms with van der Waals surface area (Å²) in [5.74, 6) is -6.29. The lowest BCUT2D eigenvalue weighted by molar-refractivity contribution is -0.337. The fraction of sp³-hybridized carbons (Fsp3) is 0.518. The van der Waals surface area contributed by atoms with Gasteiger partial charge in [-0.25, -0.2) is 19.2 Å². The highest BCUT2D eigenvalue weighted by Crippen LogP contribution is 2.84. The van der Waals surface area contributed by atoms with Crippen LogP contribution in [0.3, 0.4) is 0 Å². The largest absolute Gasteiger partial charge is 0.455 e. The molecule has 4 fully saturated rings. The smallest absolute Gasteiger partial charge is 0.408 e. The molecule has 75 heavy (non-hydrogen) atoms. The van der Waals surface area contributed by atoms with Crippen molar-refractivity contribution in [2.24, 2.45) is 16.7 Å². The molecule has 3 saturated carbocycles. The van der Waals surface area contributed by atoms with Crippen LogP contribution in [-0.2, 0) is 58.9 Å². The summed E-state index contributed by atoms with van der Waals surface area (Å²) in [4.78, 5) is 97.5. The molecule has 1 aliphatic heterocycles. The van der Waals surface area contributed by atoms with Crippen molar-refractivity contribution >= 4 is 41.8 Å². The number of nitrogens with one attached hydrogen (secondary N) is 2. The van der Waals surface area contributed by atoms with Crippen molar-refractivity contribution < 1.29 is 82.0 Å². The normalized spacial score (nSPS) is 31.0. The zero-order valence-electron chi connectivity index (χ0n) is 43.1. The number of aliphatic hydroxyl groups excluding tert-OH is 2. The average Bonchev–Trinajstić information content (AvgIpc) is 3.81. The third-order valence-corrected chi connectivity index (χ3v) is 15.8. The fourth-order valence-corrected chi connectivity index (χ4v) is 12.3. The lowest BCUT2D eigenvalue weighted by Crippen LogP contribution is -2.78. The predicted molar refractivity (Wildman–Crippen MR) is 264 cm³/mol. The molecule has 0 radical (unpaired) electrons. The third-order valence-electron chi connectivity index (χ3n) is 15.8. The van der Waals surface area contributed by atoms with Gasteiger partial charge in [-0.2, -0.15) is 0 Å². The summed E-state index contributed by atoms with van der Waals surface area (Å²) >= 11 is 0. The van der Waals surface area contributed by atoms with Crippen LogP contribution in [0.2, 0.25) is 0 Å². The number of hydrogen-bond donors (Lipinski definition) is 5. The molecule has 0 unspecified atom stereocenters. The number of benzene rings is 3. The number of ketones is 1. The Hall–Kier alpha value is -6.67. The van der Waals surface area contributed by atoms with Crippen LogP contribution in [0.1, 0.15) is 115 Å². The van der Waals surface area contributed by atoms with E-state index in [1.54, 1.807) is 69.3 Å². The second kappa shape index (κ2) is 20.8. The van der Waals surface area contributed by atoms with E-state index in [0.29, 0.717) is 18.4 Å². The molecular formula is C56H66N2O17. The predicted octanol–water partition coefficient (Wildman–Crippen LogP) is 5.66. The van der Waals surface area contributed by atoms with Crippen molar-refractivity contribution in [1.29, 1.82) is 0 Å². The first-order chi connectivity index (χ1) is 35.4. The summed E-state index contributed by atoms with van der Waals surface area (Å²) in [6.07, 6.45) is -9.52. The molecule has 12 atom stereocenters. The molecule has 19 nitrogen and oxygen atoms in total. The van der Waals surface area contributed by atoms with Gasteiger partial charge < -0.3 is 59.1 Å². The van der Waals surface area contributed by atoms with Gasteiger partial charge in [0, 0.05) is 32.7 Å². The van der Waals surface area contributed by atoms with Crippen molar-refractivity contribution in [3.05, 3.63) is 119 Å². The first kappa shape index (κ1) is 54.6. The van der Waals surface area contributed by atoms with Gasteiger partial charge in [0.2, 0.25) is 6.10 Å². The van der Waals surface area contributed by atoms with Crippen LogP contribution < -0.4 is 10.6 Å². The van der Waals surface area contributed by atoms with Crippen LogP contribution in [0.4, 0.5) is 9.59 Å². The van der Waals surface area contributed by atoms with Crippen molar-refractivity contribution in [3.63, 3.8) is 0 Å². The van der Waals surface area contributed by atoms with E-state index in [-0.39, 0.29) is 55.7 Å². The fourth-order valence-electron chi connectivity index (χ4n) is 12.3. The zero-order valence-corrected chi connectivity index (χ0v) is 43.1. The van der Waals surface area contributed by atoms with Crippen LogP contribution in [0.15, 0.2) is 102 Å². The van der Waals surface area contributed by atoms with E-state index in [4.69, 9.17) is 33.2 Å². The van der Waals surface area contributed by atoms with Gasteiger partial charge in [0.15, 0.2) is 17.0 Å². The van der Waals surface area contributed by atoms with Gasteiger partial charge >= 0.3 is 36.1 Å². The Balaban J connectivity index is 1.11. The van der Waals surface area contributed by atoms with Crippen molar-refractivity contribution in [2.45, 2.75) is 153 Å². The highest BCUT2D eigenvalue weighted by molar-refractivity contribution is 5.97. The van der Waals surface area contributed by atoms with E-state index < -0.39 is 124 Å². The first-order valence-electron chi connectivity index (χ1n) is 25.3. The van der Waals surface area contributed by atoms with Crippen molar-refractivity contribution in [3.8, 4) is 0 Å². The molecule has 8 rings (SSSR count). The Kier molecular flexibility index (Phi) is 15.1. The molecule has 1 saturated heterocycles. The minimum absolute atomic E-state index is 0.0510. The number of carbonyl (C=O) groups is 7. The maximum Gasteiger partial charge on any atom is 0.408 e. The van der Waals surface area contributed by atoms with Crippen LogP contribution >= 0.6 is 0 Å². The number of esters is 4. The maximum atomic E-state index is 15.1. The molecule has 19 heteroatoms. The average molecular weight is 1040 g/mol. The molecule has 2 amide bonds. The summed E-state index contributed by atoms with van der Waals surface area (Å²) in [5.41, 5.74) is -10.2. The molecule has 3 aromatic carbocycles. The minimum Gasteiger partial charge on any atom is -0.455 e. The van der Waals surface area contributed by atoms with Crippen LogP contribution in [0.5, 0.6) is 0 Å². The van der Waals surface area contributed by atoms with Crippen LogP contribution in [0, 0.1) is 16.7 Å². The highest BCUT2D eigenvalue weighted by Gasteiger charge is 2.99. The number of hydrogen-bond acceptors (Lipinski definition) is 17. The molecule has 0 spiro atoms. The van der Waals surface area contributed by atoms with E-state index >= 15 is 9.59 Å². The first-order valence-corrected chi connectivity index (χ1v) is 25.3. The quantitative estimate of drug-likeness (QED) is 0.0472. The molecule has 402 valence electrons. The second-order valence-electron chi connectivity index (χ2n) is 21.5. The van der Waals surface area contributed by atoms with Gasteiger partial charge in [0.05, 0.1) is 35.0 Å². The number of rotatable bonds is 17. The van der Waals surface area contributed by atoms with E-state index in [0.717, 1.165) is 12.5 Å². The van der Waals surface area contributed by atoms with E-state index in [1.165, 1.54) is 32.9 Å². The number of fused-ring (bicyclic) bond motifs is 5. The summed E-state index contributed by atoms with van der Waals surface area (Å²) in [5, 5.41) is 43.4.